The van der Waals surface area contributed by atoms with Crippen molar-refractivity contribution in [2.75, 3.05) is 14.2 Å². The maximum atomic E-state index is 5.32. The molecule has 0 heterocycles. The molecule has 0 aliphatic carbocycles. The maximum absolute atomic E-state index is 5.32. The normalized spacial score (nSPS) is 11.9. The molecule has 3 nitrogen and oxygen atoms in total. The lowest BCUT2D eigenvalue weighted by Gasteiger charge is -2.15. The van der Waals surface area contributed by atoms with Crippen LogP contribution < -0.4 is 14.8 Å². The summed E-state index contributed by atoms with van der Waals surface area (Å²) in [6.45, 7) is 2.95. The molecule has 0 saturated heterocycles. The Morgan fingerprint density at radius 3 is 2.30 bits per heavy atom. The molecule has 1 unspecified atom stereocenters. The molecule has 0 aromatic heterocycles. The molecule has 3 heteroatoms. The number of methoxy groups -OCH3 is 2. The highest BCUT2D eigenvalue weighted by Gasteiger charge is 2.07. The van der Waals surface area contributed by atoms with Crippen LogP contribution in [-0.2, 0) is 6.54 Å². The molecule has 0 fully saturated rings. The average molecular weight is 271 g/mol. The summed E-state index contributed by atoms with van der Waals surface area (Å²) < 4.78 is 10.6. The number of rotatable bonds is 6. The first kappa shape index (κ1) is 14.4. The summed E-state index contributed by atoms with van der Waals surface area (Å²) in [4.78, 5) is 0. The molecule has 0 aliphatic rings. The van der Waals surface area contributed by atoms with Crippen molar-refractivity contribution in [2.45, 2.75) is 19.5 Å². The first-order valence-electron chi connectivity index (χ1n) is 6.74. The second-order valence-corrected chi connectivity index (χ2v) is 4.70. The minimum Gasteiger partial charge on any atom is -0.493 e. The van der Waals surface area contributed by atoms with Crippen LogP contribution in [-0.4, -0.2) is 14.2 Å². The van der Waals surface area contributed by atoms with Gasteiger partial charge in [0.05, 0.1) is 14.2 Å². The summed E-state index contributed by atoms with van der Waals surface area (Å²) in [5.41, 5.74) is 2.46. The number of hydrogen-bond donors (Lipinski definition) is 1. The zero-order valence-electron chi connectivity index (χ0n) is 12.2. The van der Waals surface area contributed by atoms with Gasteiger partial charge in [0.25, 0.3) is 0 Å². The summed E-state index contributed by atoms with van der Waals surface area (Å²) >= 11 is 0. The molecule has 2 aromatic rings. The Labute approximate surface area is 120 Å². The predicted octanol–water partition coefficient (Wildman–Crippen LogP) is 3.55. The number of ether oxygens (including phenoxy) is 2. The van der Waals surface area contributed by atoms with Gasteiger partial charge >= 0.3 is 0 Å². The second-order valence-electron chi connectivity index (χ2n) is 4.70. The summed E-state index contributed by atoms with van der Waals surface area (Å²) in [5, 5.41) is 3.51. The molecule has 0 radical (unpaired) electrons. The van der Waals surface area contributed by atoms with E-state index in [2.05, 4.69) is 36.5 Å². The third kappa shape index (κ3) is 3.52. The Kier molecular flexibility index (Phi) is 5.02. The van der Waals surface area contributed by atoms with Crippen LogP contribution in [0.4, 0.5) is 0 Å². The van der Waals surface area contributed by atoms with Gasteiger partial charge < -0.3 is 14.8 Å². The molecule has 0 bridgehead atoms. The van der Waals surface area contributed by atoms with E-state index in [1.165, 1.54) is 11.1 Å². The van der Waals surface area contributed by atoms with Crippen LogP contribution in [0, 0.1) is 0 Å². The lowest BCUT2D eigenvalue weighted by atomic mass is 10.1. The Morgan fingerprint density at radius 2 is 1.65 bits per heavy atom. The van der Waals surface area contributed by atoms with Crippen molar-refractivity contribution in [3.05, 3.63) is 59.7 Å². The van der Waals surface area contributed by atoms with E-state index in [-0.39, 0.29) is 0 Å². The topological polar surface area (TPSA) is 30.5 Å². The fourth-order valence-corrected chi connectivity index (χ4v) is 2.12. The summed E-state index contributed by atoms with van der Waals surface area (Å²) in [7, 11) is 3.30. The minimum absolute atomic E-state index is 0.310. The minimum atomic E-state index is 0.310. The molecule has 0 saturated carbocycles. The highest BCUT2D eigenvalue weighted by Crippen LogP contribution is 2.27. The smallest absolute Gasteiger partial charge is 0.161 e. The monoisotopic (exact) mass is 271 g/mol. The van der Waals surface area contributed by atoms with Crippen molar-refractivity contribution >= 4 is 0 Å². The lowest BCUT2D eigenvalue weighted by Crippen LogP contribution is -2.18. The predicted molar refractivity (Wildman–Crippen MR) is 81.2 cm³/mol. The van der Waals surface area contributed by atoms with Gasteiger partial charge in [0, 0.05) is 12.6 Å². The zero-order chi connectivity index (χ0) is 14.4. The maximum Gasteiger partial charge on any atom is 0.161 e. The molecule has 20 heavy (non-hydrogen) atoms. The molecule has 1 atom stereocenters. The van der Waals surface area contributed by atoms with E-state index in [9.17, 15) is 0 Å². The SMILES string of the molecule is COc1ccc(CNC(C)c2ccccc2)cc1OC. The Balaban J connectivity index is 2.00. The third-order valence-electron chi connectivity index (χ3n) is 3.36. The summed E-state index contributed by atoms with van der Waals surface area (Å²) in [6.07, 6.45) is 0. The molecule has 2 aromatic carbocycles. The van der Waals surface area contributed by atoms with Crippen LogP contribution in [0.3, 0.4) is 0 Å². The van der Waals surface area contributed by atoms with Crippen LogP contribution in [0.15, 0.2) is 48.5 Å². The molecule has 0 spiro atoms. The van der Waals surface area contributed by atoms with Crippen molar-refractivity contribution in [1.29, 1.82) is 0 Å². The Morgan fingerprint density at radius 1 is 0.950 bits per heavy atom. The van der Waals surface area contributed by atoms with Gasteiger partial charge in [-0.25, -0.2) is 0 Å². The van der Waals surface area contributed by atoms with Crippen LogP contribution >= 0.6 is 0 Å². The van der Waals surface area contributed by atoms with Crippen molar-refractivity contribution in [3.8, 4) is 11.5 Å². The zero-order valence-corrected chi connectivity index (χ0v) is 12.2. The molecule has 0 amide bonds. The van der Waals surface area contributed by atoms with Crippen molar-refractivity contribution in [1.82, 2.24) is 5.32 Å². The molecule has 2 rings (SSSR count). The molecule has 0 aliphatic heterocycles. The first-order chi connectivity index (χ1) is 9.74. The van der Waals surface area contributed by atoms with E-state index >= 15 is 0 Å². The van der Waals surface area contributed by atoms with Gasteiger partial charge in [-0.05, 0) is 30.2 Å². The van der Waals surface area contributed by atoms with E-state index in [0.29, 0.717) is 6.04 Å². The van der Waals surface area contributed by atoms with Gasteiger partial charge in [-0.15, -0.1) is 0 Å². The second kappa shape index (κ2) is 6.96. The van der Waals surface area contributed by atoms with Gasteiger partial charge in [-0.3, -0.25) is 0 Å². The third-order valence-corrected chi connectivity index (χ3v) is 3.36. The highest BCUT2D eigenvalue weighted by molar-refractivity contribution is 5.42. The van der Waals surface area contributed by atoms with Crippen molar-refractivity contribution in [2.24, 2.45) is 0 Å². The lowest BCUT2D eigenvalue weighted by molar-refractivity contribution is 0.354. The largest absolute Gasteiger partial charge is 0.493 e. The summed E-state index contributed by atoms with van der Waals surface area (Å²) in [6, 6.07) is 16.7. The average Bonchev–Trinajstić information content (AvgIpc) is 2.53. The van der Waals surface area contributed by atoms with Crippen LogP contribution in [0.5, 0.6) is 11.5 Å². The van der Waals surface area contributed by atoms with Crippen molar-refractivity contribution < 1.29 is 9.47 Å². The van der Waals surface area contributed by atoms with Crippen LogP contribution in [0.25, 0.3) is 0 Å². The standard InChI is InChI=1S/C17H21NO2/c1-13(15-7-5-4-6-8-15)18-12-14-9-10-16(19-2)17(11-14)20-3/h4-11,13,18H,12H2,1-3H3. The number of nitrogens with one attached hydrogen (secondary N) is 1. The first-order valence-corrected chi connectivity index (χ1v) is 6.74. The van der Waals surface area contributed by atoms with Crippen molar-refractivity contribution in [3.63, 3.8) is 0 Å². The fraction of sp³-hybridized carbons (Fsp3) is 0.294. The van der Waals surface area contributed by atoms with E-state index in [4.69, 9.17) is 9.47 Å². The van der Waals surface area contributed by atoms with Gasteiger partial charge in [0.2, 0.25) is 0 Å². The van der Waals surface area contributed by atoms with Gasteiger partial charge in [-0.2, -0.15) is 0 Å². The Bertz CT molecular complexity index is 540. The van der Waals surface area contributed by atoms with Gasteiger partial charge in [0.15, 0.2) is 11.5 Å². The molecule has 106 valence electrons. The highest BCUT2D eigenvalue weighted by atomic mass is 16.5. The number of hydrogen-bond acceptors (Lipinski definition) is 3. The van der Waals surface area contributed by atoms with E-state index < -0.39 is 0 Å². The Hall–Kier alpha value is -2.00. The van der Waals surface area contributed by atoms with Crippen LogP contribution in [0.2, 0.25) is 0 Å². The van der Waals surface area contributed by atoms with E-state index in [0.717, 1.165) is 18.0 Å². The summed E-state index contributed by atoms with van der Waals surface area (Å²) in [5.74, 6) is 1.52. The quantitative estimate of drug-likeness (QED) is 0.871. The van der Waals surface area contributed by atoms with E-state index in [1.54, 1.807) is 14.2 Å². The van der Waals surface area contributed by atoms with Gasteiger partial charge in [0.1, 0.15) is 0 Å². The fourth-order valence-electron chi connectivity index (χ4n) is 2.12. The van der Waals surface area contributed by atoms with Crippen LogP contribution in [0.1, 0.15) is 24.1 Å². The molecular weight excluding hydrogens is 250 g/mol. The molecular formula is C17H21NO2. The van der Waals surface area contributed by atoms with Gasteiger partial charge in [-0.1, -0.05) is 36.4 Å². The van der Waals surface area contributed by atoms with E-state index in [1.807, 2.05) is 24.3 Å². The molecule has 1 N–H and O–H groups in total. The number of benzene rings is 2.